The summed E-state index contributed by atoms with van der Waals surface area (Å²) < 4.78 is 10.3. The van der Waals surface area contributed by atoms with Crippen molar-refractivity contribution in [2.24, 2.45) is 0 Å². The molecule has 0 atom stereocenters. The predicted octanol–water partition coefficient (Wildman–Crippen LogP) is 1.80. The molecule has 0 unspecified atom stereocenters. The Balaban J connectivity index is 2.33. The summed E-state index contributed by atoms with van der Waals surface area (Å²) in [5, 5.41) is 13.4. The molecule has 0 fully saturated rings. The summed E-state index contributed by atoms with van der Waals surface area (Å²) >= 11 is 0.924. The summed E-state index contributed by atoms with van der Waals surface area (Å²) in [6, 6.07) is 2.98. The van der Waals surface area contributed by atoms with Crippen LogP contribution in [0.25, 0.3) is 21.4 Å². The van der Waals surface area contributed by atoms with Crippen LogP contribution in [0.4, 0.5) is 5.88 Å². The lowest BCUT2D eigenvalue weighted by atomic mass is 10.1. The first kappa shape index (κ1) is 9.91. The maximum absolute atomic E-state index is 11.1. The molecule has 0 aliphatic carbocycles. The number of anilines is 1. The Labute approximate surface area is 97.9 Å². The molecular formula is C10H6N2O4S. The number of aromatic hydroxyl groups is 1. The van der Waals surface area contributed by atoms with Gasteiger partial charge in [-0.3, -0.25) is 0 Å². The molecule has 0 saturated heterocycles. The van der Waals surface area contributed by atoms with E-state index in [1.165, 1.54) is 18.3 Å². The van der Waals surface area contributed by atoms with Gasteiger partial charge in [0.2, 0.25) is 5.88 Å². The Hall–Kier alpha value is -2.28. The van der Waals surface area contributed by atoms with E-state index in [4.69, 9.17) is 14.7 Å². The predicted molar refractivity (Wildman–Crippen MR) is 61.9 cm³/mol. The summed E-state index contributed by atoms with van der Waals surface area (Å²) in [4.78, 5) is 10.7. The maximum atomic E-state index is 11.1. The second-order valence-electron chi connectivity index (χ2n) is 3.37. The molecule has 2 heterocycles. The molecule has 0 radical (unpaired) electrons. The van der Waals surface area contributed by atoms with Gasteiger partial charge in [-0.1, -0.05) is 16.5 Å². The second kappa shape index (κ2) is 3.36. The molecule has 0 amide bonds. The summed E-state index contributed by atoms with van der Waals surface area (Å²) in [7, 11) is 0. The number of fused-ring (bicyclic) bond motifs is 1. The summed E-state index contributed by atoms with van der Waals surface area (Å²) in [5.41, 5.74) is 6.83. The highest BCUT2D eigenvalue weighted by Crippen LogP contribution is 2.36. The Kier molecular flexibility index (Phi) is 1.96. The van der Waals surface area contributed by atoms with Gasteiger partial charge < -0.3 is 19.8 Å². The summed E-state index contributed by atoms with van der Waals surface area (Å²) in [6.45, 7) is 0. The Morgan fingerprint density at radius 2 is 2.18 bits per heavy atom. The zero-order valence-corrected chi connectivity index (χ0v) is 9.15. The SMILES string of the molecule is Nc1oncc1-c1cc2oc(=O)sc2cc1O. The minimum absolute atomic E-state index is 0.00977. The van der Waals surface area contributed by atoms with Crippen molar-refractivity contribution in [1.29, 1.82) is 0 Å². The lowest BCUT2D eigenvalue weighted by Gasteiger charge is -2.01. The molecular weight excluding hydrogens is 244 g/mol. The molecule has 17 heavy (non-hydrogen) atoms. The number of aromatic nitrogens is 1. The van der Waals surface area contributed by atoms with Gasteiger partial charge in [-0.05, 0) is 6.07 Å². The van der Waals surface area contributed by atoms with Gasteiger partial charge >= 0.3 is 4.94 Å². The molecule has 0 aliphatic rings. The van der Waals surface area contributed by atoms with Gasteiger partial charge in [0.25, 0.3) is 0 Å². The first-order chi connectivity index (χ1) is 8.15. The van der Waals surface area contributed by atoms with Crippen LogP contribution >= 0.6 is 11.3 Å². The van der Waals surface area contributed by atoms with E-state index in [0.717, 1.165) is 11.3 Å². The van der Waals surface area contributed by atoms with Crippen molar-refractivity contribution in [2.45, 2.75) is 0 Å². The first-order valence-corrected chi connectivity index (χ1v) is 5.44. The van der Waals surface area contributed by atoms with Gasteiger partial charge in [0, 0.05) is 11.6 Å². The third-order valence-corrected chi connectivity index (χ3v) is 3.13. The van der Waals surface area contributed by atoms with Crippen molar-refractivity contribution in [1.82, 2.24) is 5.16 Å². The van der Waals surface area contributed by atoms with E-state index in [0.29, 0.717) is 21.4 Å². The van der Waals surface area contributed by atoms with Crippen molar-refractivity contribution in [3.05, 3.63) is 28.1 Å². The number of hydrogen-bond acceptors (Lipinski definition) is 7. The largest absolute Gasteiger partial charge is 0.507 e. The summed E-state index contributed by atoms with van der Waals surface area (Å²) in [5.74, 6) is 0.0849. The normalized spacial score (nSPS) is 11.1. The molecule has 0 aliphatic heterocycles. The van der Waals surface area contributed by atoms with Crippen LogP contribution in [0.3, 0.4) is 0 Å². The number of benzene rings is 1. The van der Waals surface area contributed by atoms with Gasteiger partial charge in [-0.2, -0.15) is 0 Å². The number of nitrogens with zero attached hydrogens (tertiary/aromatic N) is 1. The minimum Gasteiger partial charge on any atom is -0.507 e. The quantitative estimate of drug-likeness (QED) is 0.682. The van der Waals surface area contributed by atoms with E-state index in [1.807, 2.05) is 0 Å². The van der Waals surface area contributed by atoms with Crippen LogP contribution in [0, 0.1) is 0 Å². The number of phenols is 1. The van der Waals surface area contributed by atoms with Gasteiger partial charge in [-0.15, -0.1) is 0 Å². The monoisotopic (exact) mass is 250 g/mol. The lowest BCUT2D eigenvalue weighted by molar-refractivity contribution is 0.436. The molecule has 3 rings (SSSR count). The first-order valence-electron chi connectivity index (χ1n) is 4.62. The average Bonchev–Trinajstić information content (AvgIpc) is 2.82. The van der Waals surface area contributed by atoms with Gasteiger partial charge in [-0.25, -0.2) is 4.79 Å². The Morgan fingerprint density at radius 1 is 1.35 bits per heavy atom. The van der Waals surface area contributed by atoms with Gasteiger partial charge in [0.15, 0.2) is 0 Å². The molecule has 0 spiro atoms. The van der Waals surface area contributed by atoms with Crippen LogP contribution in [-0.4, -0.2) is 10.3 Å². The lowest BCUT2D eigenvalue weighted by Crippen LogP contribution is -1.85. The topological polar surface area (TPSA) is 102 Å². The molecule has 0 saturated carbocycles. The number of rotatable bonds is 1. The third-order valence-electron chi connectivity index (χ3n) is 2.34. The van der Waals surface area contributed by atoms with Crippen LogP contribution in [0.1, 0.15) is 0 Å². The maximum Gasteiger partial charge on any atom is 0.396 e. The van der Waals surface area contributed by atoms with Crippen LogP contribution in [0.2, 0.25) is 0 Å². The molecule has 3 aromatic rings. The van der Waals surface area contributed by atoms with E-state index in [1.54, 1.807) is 0 Å². The minimum atomic E-state index is -0.421. The number of hydrogen-bond donors (Lipinski definition) is 2. The van der Waals surface area contributed by atoms with Crippen molar-refractivity contribution in [3.8, 4) is 16.9 Å². The fourth-order valence-electron chi connectivity index (χ4n) is 1.58. The molecule has 2 aromatic heterocycles. The van der Waals surface area contributed by atoms with E-state index in [-0.39, 0.29) is 11.6 Å². The number of nitrogen functional groups attached to an aromatic ring is 1. The smallest absolute Gasteiger partial charge is 0.396 e. The van der Waals surface area contributed by atoms with Gasteiger partial charge in [0.1, 0.15) is 11.3 Å². The Bertz CT molecular complexity index is 755. The molecule has 1 aromatic carbocycles. The van der Waals surface area contributed by atoms with Crippen molar-refractivity contribution < 1.29 is 14.0 Å². The zero-order chi connectivity index (χ0) is 12.0. The molecule has 3 N–H and O–H groups in total. The average molecular weight is 250 g/mol. The van der Waals surface area contributed by atoms with Crippen LogP contribution in [0.5, 0.6) is 5.75 Å². The standard InChI is InChI=1S/C10H6N2O4S/c11-9-5(3-12-16-9)4-1-7-8(2-6(4)13)17-10(14)15-7/h1-3,13H,11H2. The van der Waals surface area contributed by atoms with E-state index in [9.17, 15) is 9.90 Å². The van der Waals surface area contributed by atoms with Crippen molar-refractivity contribution >= 4 is 27.5 Å². The van der Waals surface area contributed by atoms with Crippen LogP contribution in [-0.2, 0) is 0 Å². The summed E-state index contributed by atoms with van der Waals surface area (Å²) in [6.07, 6.45) is 1.39. The fourth-order valence-corrected chi connectivity index (χ4v) is 2.26. The van der Waals surface area contributed by atoms with Crippen molar-refractivity contribution in [2.75, 3.05) is 5.73 Å². The highest BCUT2D eigenvalue weighted by molar-refractivity contribution is 7.16. The molecule has 0 bridgehead atoms. The third kappa shape index (κ3) is 1.48. The van der Waals surface area contributed by atoms with Crippen LogP contribution in [0.15, 0.2) is 32.1 Å². The number of nitrogens with two attached hydrogens (primary N) is 1. The molecule has 7 heteroatoms. The highest BCUT2D eigenvalue weighted by Gasteiger charge is 2.14. The van der Waals surface area contributed by atoms with E-state index >= 15 is 0 Å². The second-order valence-corrected chi connectivity index (χ2v) is 4.35. The van der Waals surface area contributed by atoms with Crippen molar-refractivity contribution in [3.63, 3.8) is 0 Å². The highest BCUT2D eigenvalue weighted by atomic mass is 32.1. The molecule has 6 nitrogen and oxygen atoms in total. The van der Waals surface area contributed by atoms with Crippen LogP contribution < -0.4 is 10.7 Å². The van der Waals surface area contributed by atoms with E-state index < -0.39 is 4.94 Å². The molecule has 86 valence electrons. The Morgan fingerprint density at radius 3 is 2.88 bits per heavy atom. The van der Waals surface area contributed by atoms with E-state index in [2.05, 4.69) is 5.16 Å². The van der Waals surface area contributed by atoms with Gasteiger partial charge in [0.05, 0.1) is 16.5 Å². The number of phenolic OH excluding ortho intramolecular Hbond substituents is 1. The zero-order valence-electron chi connectivity index (χ0n) is 8.34. The fraction of sp³-hybridized carbons (Fsp3) is 0.